The number of rotatable bonds is 7. The standard InChI is InChI=1S/C11H19.C4H9.2ClH.Sn/c1-3-5-7-9-11-10-8-6-4-2;1-3-4-2;;;/h8H,3,5,7,9-11H2,1-2H3;1,3-4H2,2H3;2*1H;/q;;;;+2/p-2. The zero-order valence-corrected chi connectivity index (χ0v) is 16.6. The van der Waals surface area contributed by atoms with Crippen LogP contribution in [0.15, 0.2) is 0 Å². The fraction of sp³-hybridized carbons (Fsp3) is 0.733. The third-order valence-electron chi connectivity index (χ3n) is 2.05. The van der Waals surface area contributed by atoms with Crippen LogP contribution in [0.5, 0.6) is 0 Å². The Hall–Kier alpha value is 0.939. The quantitative estimate of drug-likeness (QED) is 0.288. The molecule has 3 heteroatoms. The molecule has 0 unspecified atom stereocenters. The van der Waals surface area contributed by atoms with Crippen LogP contribution in [0.3, 0.4) is 0 Å². The van der Waals surface area contributed by atoms with Gasteiger partial charge in [-0.1, -0.05) is 71.6 Å². The zero-order chi connectivity index (χ0) is 11.8. The maximum absolute atomic E-state index is 3.60. The van der Waals surface area contributed by atoms with Crippen molar-refractivity contribution in [3.63, 3.8) is 0 Å². The van der Waals surface area contributed by atoms with E-state index in [2.05, 4.69) is 39.0 Å². The van der Waals surface area contributed by atoms with E-state index in [1.165, 1.54) is 44.9 Å². The van der Waals surface area contributed by atoms with Gasteiger partial charge in [0.1, 0.15) is 0 Å². The minimum Gasteiger partial charge on any atom is -1.00 e. The predicted molar refractivity (Wildman–Crippen MR) is 77.1 cm³/mol. The smallest absolute Gasteiger partial charge is 1.00 e. The van der Waals surface area contributed by atoms with Gasteiger partial charge in [0.25, 0.3) is 0 Å². The molecule has 0 aromatic carbocycles. The van der Waals surface area contributed by atoms with Crippen LogP contribution in [0.2, 0.25) is 0 Å². The van der Waals surface area contributed by atoms with Gasteiger partial charge in [-0.2, -0.15) is 0 Å². The van der Waals surface area contributed by atoms with Crippen molar-refractivity contribution in [2.75, 3.05) is 0 Å². The topological polar surface area (TPSA) is 0 Å². The molecule has 0 rings (SSSR count). The molecule has 0 atom stereocenters. The Morgan fingerprint density at radius 1 is 0.944 bits per heavy atom. The van der Waals surface area contributed by atoms with E-state index in [0.29, 0.717) is 0 Å². The summed E-state index contributed by atoms with van der Waals surface area (Å²) >= 11 is 0. The predicted octanol–water partition coefficient (Wildman–Crippen LogP) is -1.18. The summed E-state index contributed by atoms with van der Waals surface area (Å²) in [7, 11) is 0. The largest absolute Gasteiger partial charge is 2.00 e. The molecule has 0 aliphatic rings. The first-order valence-corrected chi connectivity index (χ1v) is 6.36. The van der Waals surface area contributed by atoms with Crippen LogP contribution in [0.4, 0.5) is 0 Å². The average Bonchev–Trinajstić information content (AvgIpc) is 2.28. The van der Waals surface area contributed by atoms with E-state index in [1.807, 2.05) is 6.92 Å². The molecule has 0 N–H and O–H groups in total. The van der Waals surface area contributed by atoms with Crippen LogP contribution in [0, 0.1) is 25.2 Å². The Morgan fingerprint density at radius 2 is 1.44 bits per heavy atom. The first-order chi connectivity index (χ1) is 7.33. The minimum atomic E-state index is 0. The van der Waals surface area contributed by atoms with Gasteiger partial charge in [0.2, 0.25) is 0 Å². The normalized spacial score (nSPS) is 7.11. The number of halogens is 2. The van der Waals surface area contributed by atoms with Gasteiger partial charge in [-0.3, -0.25) is 0 Å². The molecule has 18 heavy (non-hydrogen) atoms. The molecule has 0 fully saturated rings. The molecule has 0 saturated carbocycles. The fourth-order valence-corrected chi connectivity index (χ4v) is 1.02. The monoisotopic (exact) mass is 398 g/mol. The molecule has 4 radical (unpaired) electrons. The Bertz CT molecular complexity index is 148. The van der Waals surface area contributed by atoms with E-state index in [4.69, 9.17) is 0 Å². The molecule has 0 saturated heterocycles. The third-order valence-corrected chi connectivity index (χ3v) is 2.05. The molecule has 0 spiro atoms. The van der Waals surface area contributed by atoms with Crippen molar-refractivity contribution in [1.29, 1.82) is 0 Å². The molecule has 0 aliphatic heterocycles. The molecule has 0 aromatic heterocycles. The Kier molecular flexibility index (Phi) is 62.9. The molecule has 0 nitrogen and oxygen atoms in total. The van der Waals surface area contributed by atoms with Crippen molar-refractivity contribution in [3.8, 4) is 11.8 Å². The van der Waals surface area contributed by atoms with E-state index in [0.717, 1.165) is 6.42 Å². The van der Waals surface area contributed by atoms with Crippen molar-refractivity contribution in [3.05, 3.63) is 13.3 Å². The molecule has 0 aliphatic carbocycles. The van der Waals surface area contributed by atoms with Crippen LogP contribution in [-0.2, 0) is 0 Å². The first kappa shape index (κ1) is 31.4. The van der Waals surface area contributed by atoms with E-state index in [9.17, 15) is 0 Å². The van der Waals surface area contributed by atoms with E-state index >= 15 is 0 Å². The van der Waals surface area contributed by atoms with Crippen molar-refractivity contribution >= 4 is 23.9 Å². The summed E-state index contributed by atoms with van der Waals surface area (Å²) in [5.74, 6) is 5.83. The molecular formula is C15H28Cl2Sn. The summed E-state index contributed by atoms with van der Waals surface area (Å²) in [4.78, 5) is 0. The van der Waals surface area contributed by atoms with E-state index in [1.54, 1.807) is 0 Å². The summed E-state index contributed by atoms with van der Waals surface area (Å²) in [6, 6.07) is 0. The van der Waals surface area contributed by atoms with Crippen LogP contribution < -0.4 is 24.8 Å². The van der Waals surface area contributed by atoms with Gasteiger partial charge in [0.05, 0.1) is 0 Å². The van der Waals surface area contributed by atoms with Gasteiger partial charge >= 0.3 is 23.9 Å². The van der Waals surface area contributed by atoms with Crippen LogP contribution >= 0.6 is 0 Å². The maximum atomic E-state index is 3.60. The van der Waals surface area contributed by atoms with Crippen molar-refractivity contribution in [1.82, 2.24) is 0 Å². The van der Waals surface area contributed by atoms with Crippen molar-refractivity contribution < 1.29 is 24.8 Å². The number of hydrogen-bond donors (Lipinski definition) is 0. The van der Waals surface area contributed by atoms with Crippen LogP contribution in [0.1, 0.15) is 72.1 Å². The Labute approximate surface area is 145 Å². The maximum Gasteiger partial charge on any atom is 2.00 e. The molecule has 0 amide bonds. The number of unbranched alkanes of at least 4 members (excludes halogenated alkanes) is 7. The van der Waals surface area contributed by atoms with Crippen molar-refractivity contribution in [2.45, 2.75) is 72.1 Å². The Morgan fingerprint density at radius 3 is 1.83 bits per heavy atom. The second-order valence-corrected chi connectivity index (χ2v) is 3.65. The SMILES string of the molecule is CC#C[CH]CCCCCCC.[CH2]CCC.[Cl-].[Cl-].[Sn+2]. The van der Waals surface area contributed by atoms with Gasteiger partial charge in [-0.15, -0.1) is 5.92 Å². The molecule has 0 bridgehead atoms. The van der Waals surface area contributed by atoms with Gasteiger partial charge in [-0.05, 0) is 13.3 Å². The zero-order valence-electron chi connectivity index (χ0n) is 12.2. The van der Waals surface area contributed by atoms with Gasteiger partial charge < -0.3 is 24.8 Å². The van der Waals surface area contributed by atoms with Gasteiger partial charge in [0, 0.05) is 6.42 Å². The average molecular weight is 398 g/mol. The minimum absolute atomic E-state index is 0. The molecule has 0 heterocycles. The third kappa shape index (κ3) is 43.6. The molecule has 0 aromatic rings. The molecule has 106 valence electrons. The summed E-state index contributed by atoms with van der Waals surface area (Å²) in [6.45, 7) is 9.85. The summed E-state index contributed by atoms with van der Waals surface area (Å²) < 4.78 is 0. The first-order valence-electron chi connectivity index (χ1n) is 6.36. The number of hydrogen-bond acceptors (Lipinski definition) is 0. The van der Waals surface area contributed by atoms with Crippen molar-refractivity contribution in [2.24, 2.45) is 0 Å². The van der Waals surface area contributed by atoms with E-state index in [-0.39, 0.29) is 48.7 Å². The summed E-state index contributed by atoms with van der Waals surface area (Å²) in [5.41, 5.74) is 0. The van der Waals surface area contributed by atoms with E-state index < -0.39 is 0 Å². The fourth-order valence-electron chi connectivity index (χ4n) is 1.02. The van der Waals surface area contributed by atoms with Gasteiger partial charge in [0.15, 0.2) is 0 Å². The summed E-state index contributed by atoms with van der Waals surface area (Å²) in [5, 5.41) is 0. The Balaban J connectivity index is -0.0000000712. The van der Waals surface area contributed by atoms with Gasteiger partial charge in [-0.25, -0.2) is 0 Å². The van der Waals surface area contributed by atoms with Crippen LogP contribution in [-0.4, -0.2) is 23.9 Å². The summed E-state index contributed by atoms with van der Waals surface area (Å²) in [6.07, 6.45) is 12.3. The second kappa shape index (κ2) is 36.1. The molecular weight excluding hydrogens is 370 g/mol. The van der Waals surface area contributed by atoms with Crippen LogP contribution in [0.25, 0.3) is 0 Å². The second-order valence-electron chi connectivity index (χ2n) is 3.65.